The molecule has 1 amide bonds. The molecule has 2 heterocycles. The van der Waals surface area contributed by atoms with E-state index in [9.17, 15) is 9.59 Å². The van der Waals surface area contributed by atoms with Crippen LogP contribution in [-0.2, 0) is 0 Å². The number of aromatic carboxylic acids is 1. The van der Waals surface area contributed by atoms with Crippen molar-refractivity contribution >= 4 is 35.0 Å². The van der Waals surface area contributed by atoms with Crippen LogP contribution in [0.4, 0.5) is 0 Å². The number of nitrogens with zero attached hydrogens (tertiary/aromatic N) is 1. The van der Waals surface area contributed by atoms with E-state index in [0.29, 0.717) is 11.8 Å². The maximum Gasteiger partial charge on any atom is 0.355 e. The number of hydrogen-bond donors (Lipinski definition) is 2. The van der Waals surface area contributed by atoms with E-state index in [-0.39, 0.29) is 16.6 Å². The fraction of sp³-hybridized carbons (Fsp3) is 0.545. The highest BCUT2D eigenvalue weighted by molar-refractivity contribution is 7.99. The molecule has 0 aromatic carbocycles. The van der Waals surface area contributed by atoms with Crippen LogP contribution in [0.1, 0.15) is 39.6 Å². The molecule has 0 radical (unpaired) electrons. The van der Waals surface area contributed by atoms with Crippen molar-refractivity contribution in [2.75, 3.05) is 12.3 Å². The summed E-state index contributed by atoms with van der Waals surface area (Å²) < 4.78 is 0. The lowest BCUT2D eigenvalue weighted by molar-refractivity contribution is 0.0691. The predicted octanol–water partition coefficient (Wildman–Crippen LogP) is 1.86. The van der Waals surface area contributed by atoms with Gasteiger partial charge >= 0.3 is 5.97 Å². The van der Waals surface area contributed by atoms with Gasteiger partial charge in [0.05, 0.1) is 0 Å². The van der Waals surface area contributed by atoms with Gasteiger partial charge in [0.25, 0.3) is 5.91 Å². The fourth-order valence-corrected chi connectivity index (χ4v) is 3.67. The van der Waals surface area contributed by atoms with Crippen LogP contribution in [-0.4, -0.2) is 39.5 Å². The number of carboxylic acid groups (broad SMARTS) is 1. The minimum atomic E-state index is -1.10. The molecule has 2 N–H and O–H groups in total. The molecule has 0 saturated carbocycles. The third kappa shape index (κ3) is 3.46. The van der Waals surface area contributed by atoms with Gasteiger partial charge in [0.2, 0.25) is 0 Å². The van der Waals surface area contributed by atoms with E-state index >= 15 is 0 Å². The average Bonchev–Trinajstić information content (AvgIpc) is 2.87. The molecule has 1 aliphatic rings. The second-order valence-corrected chi connectivity index (χ2v) is 6.31. The van der Waals surface area contributed by atoms with Gasteiger partial charge in [0.1, 0.15) is 0 Å². The molecule has 1 aromatic heterocycles. The van der Waals surface area contributed by atoms with Gasteiger partial charge in [-0.2, -0.15) is 11.8 Å². The van der Waals surface area contributed by atoms with E-state index < -0.39 is 5.97 Å². The summed E-state index contributed by atoms with van der Waals surface area (Å²) in [4.78, 5) is 26.2. The Bertz CT molecular complexity index is 441. The van der Waals surface area contributed by atoms with E-state index in [1.165, 1.54) is 18.2 Å². The van der Waals surface area contributed by atoms with Crippen molar-refractivity contribution in [3.05, 3.63) is 16.1 Å². The molecule has 1 aliphatic heterocycles. The predicted molar refractivity (Wildman–Crippen MR) is 71.5 cm³/mol. The minimum absolute atomic E-state index is 0.0720. The van der Waals surface area contributed by atoms with Crippen LogP contribution < -0.4 is 5.32 Å². The second-order valence-electron chi connectivity index (χ2n) is 4.04. The zero-order valence-electron chi connectivity index (χ0n) is 9.72. The minimum Gasteiger partial charge on any atom is -0.476 e. The van der Waals surface area contributed by atoms with Crippen molar-refractivity contribution in [1.29, 1.82) is 0 Å². The Balaban J connectivity index is 1.84. The van der Waals surface area contributed by atoms with E-state index in [4.69, 9.17) is 5.11 Å². The zero-order valence-corrected chi connectivity index (χ0v) is 11.4. The molecule has 1 fully saturated rings. The van der Waals surface area contributed by atoms with Gasteiger partial charge < -0.3 is 10.4 Å². The lowest BCUT2D eigenvalue weighted by Crippen LogP contribution is -2.31. The number of hydrogen-bond acceptors (Lipinski definition) is 5. The fourth-order valence-electron chi connectivity index (χ4n) is 1.73. The van der Waals surface area contributed by atoms with Crippen molar-refractivity contribution in [3.63, 3.8) is 0 Å². The van der Waals surface area contributed by atoms with Crippen molar-refractivity contribution in [3.8, 4) is 0 Å². The van der Waals surface area contributed by atoms with Crippen LogP contribution in [0.5, 0.6) is 0 Å². The first-order valence-corrected chi connectivity index (χ1v) is 7.68. The molecular formula is C11H14N2O3S2. The number of amides is 1. The first kappa shape index (κ1) is 13.4. The molecule has 98 valence electrons. The van der Waals surface area contributed by atoms with E-state index in [0.717, 1.165) is 23.5 Å². The van der Waals surface area contributed by atoms with Crippen LogP contribution in [0.25, 0.3) is 0 Å². The number of carbonyl (C=O) groups is 2. The Kier molecular flexibility index (Phi) is 4.60. The summed E-state index contributed by atoms with van der Waals surface area (Å²) in [6.45, 7) is 0.630. The topological polar surface area (TPSA) is 79.3 Å². The summed E-state index contributed by atoms with van der Waals surface area (Å²) in [5.74, 6) is -0.229. The standard InChI is InChI=1S/C11H14N2O3S2/c14-9(10-13-8(6-18-10)11(15)16)12-5-7-3-1-2-4-17-7/h6-7H,1-5H2,(H,12,14)(H,15,16). The van der Waals surface area contributed by atoms with Crippen molar-refractivity contribution < 1.29 is 14.7 Å². The Morgan fingerprint density at radius 1 is 1.50 bits per heavy atom. The number of aromatic nitrogens is 1. The number of rotatable bonds is 4. The van der Waals surface area contributed by atoms with Crippen LogP contribution in [0.2, 0.25) is 0 Å². The number of carbonyl (C=O) groups excluding carboxylic acids is 1. The molecule has 0 aliphatic carbocycles. The van der Waals surface area contributed by atoms with Crippen LogP contribution in [0.3, 0.4) is 0 Å². The highest BCUT2D eigenvalue weighted by Crippen LogP contribution is 2.24. The Morgan fingerprint density at radius 3 is 2.94 bits per heavy atom. The second kappa shape index (κ2) is 6.19. The van der Waals surface area contributed by atoms with Gasteiger partial charge in [-0.05, 0) is 18.6 Å². The number of thiazole rings is 1. The van der Waals surface area contributed by atoms with Crippen molar-refractivity contribution in [2.45, 2.75) is 24.5 Å². The van der Waals surface area contributed by atoms with Crippen molar-refractivity contribution in [1.82, 2.24) is 10.3 Å². The highest BCUT2D eigenvalue weighted by atomic mass is 32.2. The smallest absolute Gasteiger partial charge is 0.355 e. The molecule has 5 nitrogen and oxygen atoms in total. The van der Waals surface area contributed by atoms with Gasteiger partial charge in [0.15, 0.2) is 10.7 Å². The lowest BCUT2D eigenvalue weighted by Gasteiger charge is -2.21. The van der Waals surface area contributed by atoms with E-state index in [2.05, 4.69) is 10.3 Å². The average molecular weight is 286 g/mol. The van der Waals surface area contributed by atoms with E-state index in [1.807, 2.05) is 11.8 Å². The highest BCUT2D eigenvalue weighted by Gasteiger charge is 2.18. The van der Waals surface area contributed by atoms with Crippen LogP contribution >= 0.6 is 23.1 Å². The van der Waals surface area contributed by atoms with Crippen molar-refractivity contribution in [2.24, 2.45) is 0 Å². The van der Waals surface area contributed by atoms with Gasteiger partial charge in [0, 0.05) is 17.2 Å². The largest absolute Gasteiger partial charge is 0.476 e. The third-order valence-electron chi connectivity index (χ3n) is 2.68. The zero-order chi connectivity index (χ0) is 13.0. The lowest BCUT2D eigenvalue weighted by atomic mass is 10.2. The van der Waals surface area contributed by atoms with Gasteiger partial charge in [-0.3, -0.25) is 4.79 Å². The molecular weight excluding hydrogens is 272 g/mol. The summed E-state index contributed by atoms with van der Waals surface area (Å²) in [6.07, 6.45) is 3.60. The number of nitrogens with one attached hydrogen (secondary N) is 1. The molecule has 0 bridgehead atoms. The summed E-state index contributed by atoms with van der Waals surface area (Å²) in [5.41, 5.74) is -0.0720. The van der Waals surface area contributed by atoms with Gasteiger partial charge in [-0.1, -0.05) is 6.42 Å². The summed E-state index contributed by atoms with van der Waals surface area (Å²) >= 11 is 2.95. The Hall–Kier alpha value is -1.08. The summed E-state index contributed by atoms with van der Waals surface area (Å²) in [7, 11) is 0. The first-order valence-electron chi connectivity index (χ1n) is 5.75. The third-order valence-corrected chi connectivity index (χ3v) is 4.92. The Labute approximate surface area is 113 Å². The SMILES string of the molecule is O=C(O)c1csc(C(=O)NCC2CCCCS2)n1. The molecule has 1 aromatic rings. The van der Waals surface area contributed by atoms with Gasteiger partial charge in [-0.15, -0.1) is 11.3 Å². The van der Waals surface area contributed by atoms with Gasteiger partial charge in [-0.25, -0.2) is 9.78 Å². The molecule has 1 saturated heterocycles. The van der Waals surface area contributed by atoms with Crippen LogP contribution in [0.15, 0.2) is 5.38 Å². The molecule has 7 heteroatoms. The maximum atomic E-state index is 11.8. The Morgan fingerprint density at radius 2 is 2.33 bits per heavy atom. The molecule has 1 unspecified atom stereocenters. The summed E-state index contributed by atoms with van der Waals surface area (Å²) in [6, 6.07) is 0. The number of carboxylic acids is 1. The van der Waals surface area contributed by atoms with E-state index in [1.54, 1.807) is 0 Å². The normalized spacial score (nSPS) is 19.4. The molecule has 18 heavy (non-hydrogen) atoms. The molecule has 0 spiro atoms. The monoisotopic (exact) mass is 286 g/mol. The van der Waals surface area contributed by atoms with Crippen LogP contribution in [0, 0.1) is 0 Å². The molecule has 2 rings (SSSR count). The first-order chi connectivity index (χ1) is 8.66. The molecule has 1 atom stereocenters. The summed E-state index contributed by atoms with van der Waals surface area (Å²) in [5, 5.41) is 13.6. The maximum absolute atomic E-state index is 11.8. The number of thioether (sulfide) groups is 1. The quantitative estimate of drug-likeness (QED) is 0.883.